The summed E-state index contributed by atoms with van der Waals surface area (Å²) in [6.07, 6.45) is 4.17. The second-order valence-electron chi connectivity index (χ2n) is 6.79. The Kier molecular flexibility index (Phi) is 4.37. The lowest BCUT2D eigenvalue weighted by Gasteiger charge is -2.44. The Morgan fingerprint density at radius 1 is 1.25 bits per heavy atom. The molecule has 0 spiro atoms. The molecule has 3 aliphatic rings. The Balaban J connectivity index is 1.38. The summed E-state index contributed by atoms with van der Waals surface area (Å²) in [5.74, 6) is 0.690. The van der Waals surface area contributed by atoms with E-state index in [1.807, 2.05) is 37.3 Å². The molecule has 3 fully saturated rings. The third-order valence-electron chi connectivity index (χ3n) is 5.01. The molecule has 1 aromatic carbocycles. The third-order valence-corrected chi connectivity index (χ3v) is 5.94. The van der Waals surface area contributed by atoms with Gasteiger partial charge in [-0.05, 0) is 74.7 Å². The molecule has 4 heterocycles. The van der Waals surface area contributed by atoms with Gasteiger partial charge in [-0.15, -0.1) is 0 Å². The number of fused-ring (bicyclic) bond motifs is 3. The van der Waals surface area contributed by atoms with Crippen LogP contribution in [0.25, 0.3) is 0 Å². The van der Waals surface area contributed by atoms with Crippen LogP contribution in [0, 0.1) is 12.8 Å². The number of rotatable bonds is 4. The summed E-state index contributed by atoms with van der Waals surface area (Å²) < 4.78 is 5.45. The number of furan rings is 1. The standard InChI is InChI=1S/C19H22N2O2S/c1-13-10-18(23-12-13)24-16-4-2-15(3-5-16)19(22)20-17-11-21-8-6-14(17)7-9-21/h2-5,10,12,14,17H,6-9,11H2,1H3,(H,20,22). The largest absolute Gasteiger partial charge is 0.458 e. The van der Waals surface area contributed by atoms with E-state index in [1.165, 1.54) is 25.9 Å². The van der Waals surface area contributed by atoms with Gasteiger partial charge in [0, 0.05) is 23.0 Å². The van der Waals surface area contributed by atoms with E-state index in [0.29, 0.717) is 12.0 Å². The Morgan fingerprint density at radius 3 is 2.58 bits per heavy atom. The molecular formula is C19H22N2O2S. The molecule has 0 aliphatic carbocycles. The number of carbonyl (C=O) groups is 1. The number of nitrogens with one attached hydrogen (secondary N) is 1. The van der Waals surface area contributed by atoms with Crippen LogP contribution in [-0.2, 0) is 0 Å². The zero-order valence-corrected chi connectivity index (χ0v) is 14.6. The zero-order chi connectivity index (χ0) is 16.5. The van der Waals surface area contributed by atoms with Crippen molar-refractivity contribution in [3.8, 4) is 0 Å². The number of aryl methyl sites for hydroxylation is 1. The summed E-state index contributed by atoms with van der Waals surface area (Å²) in [4.78, 5) is 16.0. The molecule has 2 bridgehead atoms. The molecule has 0 radical (unpaired) electrons. The van der Waals surface area contributed by atoms with E-state index in [1.54, 1.807) is 18.0 Å². The Hall–Kier alpha value is -1.72. The Labute approximate surface area is 146 Å². The molecule has 1 aromatic heterocycles. The van der Waals surface area contributed by atoms with Gasteiger partial charge in [0.05, 0.1) is 6.26 Å². The Morgan fingerprint density at radius 2 is 2.00 bits per heavy atom. The van der Waals surface area contributed by atoms with Crippen LogP contribution in [0.15, 0.2) is 51.0 Å². The van der Waals surface area contributed by atoms with Gasteiger partial charge in [0.15, 0.2) is 5.09 Å². The summed E-state index contributed by atoms with van der Waals surface area (Å²) >= 11 is 1.57. The first kappa shape index (κ1) is 15.8. The van der Waals surface area contributed by atoms with Gasteiger partial charge in [-0.25, -0.2) is 0 Å². The van der Waals surface area contributed by atoms with Crippen molar-refractivity contribution >= 4 is 17.7 Å². The second kappa shape index (κ2) is 6.65. The monoisotopic (exact) mass is 342 g/mol. The van der Waals surface area contributed by atoms with Crippen LogP contribution in [-0.4, -0.2) is 36.5 Å². The number of carbonyl (C=O) groups excluding carboxylic acids is 1. The fourth-order valence-electron chi connectivity index (χ4n) is 3.63. The SMILES string of the molecule is Cc1coc(Sc2ccc(C(=O)NC3CN4CCC3CC4)cc2)c1. The van der Waals surface area contributed by atoms with Crippen LogP contribution < -0.4 is 5.32 Å². The predicted molar refractivity (Wildman–Crippen MR) is 94.4 cm³/mol. The minimum atomic E-state index is 0.0409. The van der Waals surface area contributed by atoms with Crippen LogP contribution in [0.1, 0.15) is 28.8 Å². The normalized spacial score (nSPS) is 25.6. The van der Waals surface area contributed by atoms with E-state index >= 15 is 0 Å². The quantitative estimate of drug-likeness (QED) is 0.923. The first-order valence-electron chi connectivity index (χ1n) is 8.54. The lowest BCUT2D eigenvalue weighted by molar-refractivity contribution is 0.0620. The van der Waals surface area contributed by atoms with Gasteiger partial charge in [0.1, 0.15) is 0 Å². The van der Waals surface area contributed by atoms with Gasteiger partial charge in [-0.3, -0.25) is 4.79 Å². The fourth-order valence-corrected chi connectivity index (χ4v) is 4.47. The van der Waals surface area contributed by atoms with Gasteiger partial charge in [-0.1, -0.05) is 11.8 Å². The summed E-state index contributed by atoms with van der Waals surface area (Å²) in [5, 5.41) is 4.11. The van der Waals surface area contributed by atoms with Crippen LogP contribution in [0.2, 0.25) is 0 Å². The maximum Gasteiger partial charge on any atom is 0.251 e. The topological polar surface area (TPSA) is 45.5 Å². The van der Waals surface area contributed by atoms with Crippen LogP contribution in [0.4, 0.5) is 0 Å². The average molecular weight is 342 g/mol. The number of benzene rings is 1. The first-order valence-corrected chi connectivity index (χ1v) is 9.35. The highest BCUT2D eigenvalue weighted by Crippen LogP contribution is 2.30. The lowest BCUT2D eigenvalue weighted by atomic mass is 9.84. The van der Waals surface area contributed by atoms with Crippen molar-refractivity contribution in [2.45, 2.75) is 35.8 Å². The lowest BCUT2D eigenvalue weighted by Crippen LogP contribution is -2.57. The number of hydrogen-bond donors (Lipinski definition) is 1. The van der Waals surface area contributed by atoms with Gasteiger partial charge < -0.3 is 14.6 Å². The van der Waals surface area contributed by atoms with E-state index in [2.05, 4.69) is 10.2 Å². The number of hydrogen-bond acceptors (Lipinski definition) is 4. The van der Waals surface area contributed by atoms with E-state index in [4.69, 9.17) is 4.42 Å². The maximum atomic E-state index is 12.5. The molecule has 24 heavy (non-hydrogen) atoms. The minimum Gasteiger partial charge on any atom is -0.458 e. The minimum absolute atomic E-state index is 0.0409. The smallest absolute Gasteiger partial charge is 0.251 e. The number of amides is 1. The predicted octanol–water partition coefficient (Wildman–Crippen LogP) is 3.56. The van der Waals surface area contributed by atoms with Crippen molar-refractivity contribution in [1.82, 2.24) is 10.2 Å². The van der Waals surface area contributed by atoms with Crippen molar-refractivity contribution in [3.63, 3.8) is 0 Å². The van der Waals surface area contributed by atoms with E-state index in [9.17, 15) is 4.79 Å². The fraction of sp³-hybridized carbons (Fsp3) is 0.421. The second-order valence-corrected chi connectivity index (χ2v) is 7.87. The molecule has 5 rings (SSSR count). The first-order chi connectivity index (χ1) is 11.7. The number of nitrogens with zero attached hydrogens (tertiary/aromatic N) is 1. The van der Waals surface area contributed by atoms with Gasteiger partial charge in [0.2, 0.25) is 0 Å². The maximum absolute atomic E-state index is 12.5. The molecule has 1 unspecified atom stereocenters. The molecular weight excluding hydrogens is 320 g/mol. The van der Waals surface area contributed by atoms with Crippen molar-refractivity contribution < 1.29 is 9.21 Å². The molecule has 3 saturated heterocycles. The molecule has 3 aliphatic heterocycles. The van der Waals surface area contributed by atoms with E-state index in [-0.39, 0.29) is 5.91 Å². The van der Waals surface area contributed by atoms with Crippen LogP contribution >= 0.6 is 11.8 Å². The highest BCUT2D eigenvalue weighted by atomic mass is 32.2. The van der Waals surface area contributed by atoms with Crippen LogP contribution in [0.5, 0.6) is 0 Å². The van der Waals surface area contributed by atoms with Crippen molar-refractivity contribution in [2.75, 3.05) is 19.6 Å². The Bertz CT molecular complexity index is 717. The summed E-state index contributed by atoms with van der Waals surface area (Å²) in [7, 11) is 0. The molecule has 2 aromatic rings. The average Bonchev–Trinajstić information content (AvgIpc) is 3.01. The summed E-state index contributed by atoms with van der Waals surface area (Å²) in [6.45, 7) is 5.39. The third kappa shape index (κ3) is 3.37. The molecule has 0 saturated carbocycles. The van der Waals surface area contributed by atoms with Crippen molar-refractivity contribution in [1.29, 1.82) is 0 Å². The van der Waals surface area contributed by atoms with Gasteiger partial charge in [-0.2, -0.15) is 0 Å². The molecule has 1 amide bonds. The molecule has 126 valence electrons. The van der Waals surface area contributed by atoms with Crippen molar-refractivity contribution in [3.05, 3.63) is 47.7 Å². The molecule has 5 heteroatoms. The highest BCUT2D eigenvalue weighted by Gasteiger charge is 2.34. The number of piperidine rings is 3. The van der Waals surface area contributed by atoms with Gasteiger partial charge >= 0.3 is 0 Å². The van der Waals surface area contributed by atoms with Crippen LogP contribution in [0.3, 0.4) is 0 Å². The summed E-state index contributed by atoms with van der Waals surface area (Å²) in [5.41, 5.74) is 1.84. The molecule has 4 nitrogen and oxygen atoms in total. The van der Waals surface area contributed by atoms with E-state index in [0.717, 1.165) is 27.7 Å². The molecule has 1 N–H and O–H groups in total. The highest BCUT2D eigenvalue weighted by molar-refractivity contribution is 7.99. The van der Waals surface area contributed by atoms with E-state index < -0.39 is 0 Å². The molecule has 1 atom stereocenters. The summed E-state index contributed by atoms with van der Waals surface area (Å²) in [6, 6.07) is 10.1. The zero-order valence-electron chi connectivity index (χ0n) is 13.8. The van der Waals surface area contributed by atoms with Gasteiger partial charge in [0.25, 0.3) is 5.91 Å². The van der Waals surface area contributed by atoms with Crippen molar-refractivity contribution in [2.24, 2.45) is 5.92 Å².